The highest BCUT2D eigenvalue weighted by molar-refractivity contribution is 7.12. The molecule has 1 nitrogen and oxygen atoms in total. The van der Waals surface area contributed by atoms with Gasteiger partial charge in [0.1, 0.15) is 5.82 Å². The molecule has 1 N–H and O–H groups in total. The molecular weight excluding hydrogens is 257 g/mol. The first-order valence-corrected chi connectivity index (χ1v) is 7.64. The Hall–Kier alpha value is -1.19. The average Bonchev–Trinajstić information content (AvgIpc) is 2.82. The molecule has 1 aromatic carbocycles. The van der Waals surface area contributed by atoms with E-state index in [9.17, 15) is 4.39 Å². The number of halogens is 1. The summed E-state index contributed by atoms with van der Waals surface area (Å²) in [6.07, 6.45) is 1.10. The second-order valence-corrected chi connectivity index (χ2v) is 5.77. The lowest BCUT2D eigenvalue weighted by Crippen LogP contribution is -2.29. The maximum Gasteiger partial charge on any atom is 0.123 e. The molecule has 1 unspecified atom stereocenters. The van der Waals surface area contributed by atoms with E-state index in [1.54, 1.807) is 0 Å². The topological polar surface area (TPSA) is 12.0 Å². The minimum Gasteiger partial charge on any atom is -0.306 e. The molecule has 0 fully saturated rings. The summed E-state index contributed by atoms with van der Waals surface area (Å²) in [5, 5.41) is 3.51. The zero-order valence-corrected chi connectivity index (χ0v) is 12.5. The van der Waals surface area contributed by atoms with Crippen molar-refractivity contribution in [3.8, 4) is 0 Å². The summed E-state index contributed by atoms with van der Waals surface area (Å²) in [5.74, 6) is -0.175. The summed E-state index contributed by atoms with van der Waals surface area (Å²) in [4.78, 5) is 2.82. The minimum atomic E-state index is -0.175. The van der Waals surface area contributed by atoms with Crippen molar-refractivity contribution >= 4 is 11.3 Å². The van der Waals surface area contributed by atoms with E-state index in [-0.39, 0.29) is 11.9 Å². The van der Waals surface area contributed by atoms with E-state index in [0.29, 0.717) is 0 Å². The third-order valence-corrected chi connectivity index (χ3v) is 4.31. The summed E-state index contributed by atoms with van der Waals surface area (Å²) in [6, 6.07) is 9.28. The van der Waals surface area contributed by atoms with Crippen LogP contribution in [0, 0.1) is 12.7 Å². The Bertz CT molecular complexity index is 530. The Balaban J connectivity index is 0.000000637. The summed E-state index contributed by atoms with van der Waals surface area (Å²) in [6.45, 7) is 7.14. The summed E-state index contributed by atoms with van der Waals surface area (Å²) >= 11 is 1.88. The molecule has 0 saturated carbocycles. The number of aryl methyl sites for hydroxylation is 1. The van der Waals surface area contributed by atoms with Crippen LogP contribution < -0.4 is 5.32 Å². The van der Waals surface area contributed by atoms with Crippen molar-refractivity contribution in [3.63, 3.8) is 0 Å². The van der Waals surface area contributed by atoms with Gasteiger partial charge in [0.2, 0.25) is 0 Å². The molecule has 2 aromatic rings. The fourth-order valence-electron chi connectivity index (χ4n) is 2.41. The van der Waals surface area contributed by atoms with E-state index >= 15 is 0 Å². The van der Waals surface area contributed by atoms with Crippen molar-refractivity contribution in [1.29, 1.82) is 0 Å². The van der Waals surface area contributed by atoms with Crippen molar-refractivity contribution in [1.82, 2.24) is 5.32 Å². The van der Waals surface area contributed by atoms with Crippen molar-refractivity contribution < 1.29 is 4.39 Å². The largest absolute Gasteiger partial charge is 0.306 e. The van der Waals surface area contributed by atoms with E-state index in [0.717, 1.165) is 18.5 Å². The zero-order valence-electron chi connectivity index (χ0n) is 11.7. The van der Waals surface area contributed by atoms with Gasteiger partial charge in [-0.15, -0.1) is 11.3 Å². The first-order chi connectivity index (χ1) is 9.24. The van der Waals surface area contributed by atoms with E-state index in [1.165, 1.54) is 27.5 Å². The Kier molecular flexibility index (Phi) is 4.72. The highest BCUT2D eigenvalue weighted by atomic mass is 32.1. The molecule has 1 aromatic heterocycles. The maximum atomic E-state index is 12.9. The van der Waals surface area contributed by atoms with Gasteiger partial charge in [-0.1, -0.05) is 26.0 Å². The van der Waals surface area contributed by atoms with Crippen LogP contribution in [0.1, 0.15) is 40.8 Å². The number of nitrogens with one attached hydrogen (secondary N) is 1. The third-order valence-electron chi connectivity index (χ3n) is 3.18. The second-order valence-electron chi connectivity index (χ2n) is 4.42. The number of thiophene rings is 1. The van der Waals surface area contributed by atoms with Crippen molar-refractivity contribution in [3.05, 3.63) is 57.0 Å². The SMILES string of the molecule is CC.Cc1cc2c(s1)CCNC2c1ccc(F)cc1. The number of rotatable bonds is 1. The lowest BCUT2D eigenvalue weighted by molar-refractivity contribution is 0.571. The number of fused-ring (bicyclic) bond motifs is 1. The van der Waals surface area contributed by atoms with Crippen molar-refractivity contribution in [2.24, 2.45) is 0 Å². The zero-order chi connectivity index (χ0) is 13.8. The average molecular weight is 277 g/mol. The Morgan fingerprint density at radius 3 is 2.58 bits per heavy atom. The molecule has 0 bridgehead atoms. The van der Waals surface area contributed by atoms with Crippen LogP contribution in [-0.2, 0) is 6.42 Å². The quantitative estimate of drug-likeness (QED) is 0.811. The van der Waals surface area contributed by atoms with Gasteiger partial charge in [0.25, 0.3) is 0 Å². The van der Waals surface area contributed by atoms with Gasteiger partial charge in [0.15, 0.2) is 0 Å². The molecule has 0 saturated heterocycles. The van der Waals surface area contributed by atoms with Gasteiger partial charge in [-0.25, -0.2) is 4.39 Å². The molecule has 0 aliphatic carbocycles. The lowest BCUT2D eigenvalue weighted by Gasteiger charge is -2.24. The molecule has 3 rings (SSSR count). The summed E-state index contributed by atoms with van der Waals surface area (Å²) < 4.78 is 12.9. The number of hydrogen-bond acceptors (Lipinski definition) is 2. The number of benzene rings is 1. The first kappa shape index (κ1) is 14.2. The van der Waals surface area contributed by atoms with Crippen molar-refractivity contribution in [2.45, 2.75) is 33.2 Å². The van der Waals surface area contributed by atoms with Gasteiger partial charge in [0, 0.05) is 16.3 Å². The fourth-order valence-corrected chi connectivity index (χ4v) is 3.49. The summed E-state index contributed by atoms with van der Waals surface area (Å²) in [7, 11) is 0. The van der Waals surface area contributed by atoms with Crippen LogP contribution in [0.3, 0.4) is 0 Å². The molecule has 0 radical (unpaired) electrons. The van der Waals surface area contributed by atoms with Crippen LogP contribution in [0.25, 0.3) is 0 Å². The molecule has 1 aliphatic rings. The monoisotopic (exact) mass is 277 g/mol. The van der Waals surface area contributed by atoms with Crippen LogP contribution in [0.2, 0.25) is 0 Å². The predicted octanol–water partition coefficient (Wildman–Crippen LogP) is 4.46. The van der Waals surface area contributed by atoms with E-state index < -0.39 is 0 Å². The van der Waals surface area contributed by atoms with Crippen LogP contribution in [0.4, 0.5) is 4.39 Å². The van der Waals surface area contributed by atoms with Gasteiger partial charge < -0.3 is 5.32 Å². The molecule has 102 valence electrons. The van der Waals surface area contributed by atoms with Crippen LogP contribution in [0.5, 0.6) is 0 Å². The molecule has 1 aliphatic heterocycles. The van der Waals surface area contributed by atoms with Crippen LogP contribution in [-0.4, -0.2) is 6.54 Å². The highest BCUT2D eigenvalue weighted by Gasteiger charge is 2.22. The summed E-state index contributed by atoms with van der Waals surface area (Å²) in [5.41, 5.74) is 2.51. The number of hydrogen-bond donors (Lipinski definition) is 1. The van der Waals surface area contributed by atoms with Gasteiger partial charge in [0.05, 0.1) is 6.04 Å². The predicted molar refractivity (Wildman–Crippen MR) is 80.4 cm³/mol. The van der Waals surface area contributed by atoms with Crippen LogP contribution >= 0.6 is 11.3 Å². The van der Waals surface area contributed by atoms with E-state index in [2.05, 4.69) is 18.3 Å². The molecule has 19 heavy (non-hydrogen) atoms. The molecular formula is C16H20FNS. The normalized spacial score (nSPS) is 17.4. The Morgan fingerprint density at radius 2 is 1.89 bits per heavy atom. The smallest absolute Gasteiger partial charge is 0.123 e. The fraction of sp³-hybridized carbons (Fsp3) is 0.375. The van der Waals surface area contributed by atoms with Crippen LogP contribution in [0.15, 0.2) is 30.3 Å². The lowest BCUT2D eigenvalue weighted by atomic mass is 9.95. The Morgan fingerprint density at radius 1 is 1.21 bits per heavy atom. The molecule has 1 atom stereocenters. The molecule has 0 spiro atoms. The third kappa shape index (κ3) is 3.04. The maximum absolute atomic E-state index is 12.9. The minimum absolute atomic E-state index is 0.175. The molecule has 0 amide bonds. The van der Waals surface area contributed by atoms with Gasteiger partial charge in [-0.2, -0.15) is 0 Å². The van der Waals surface area contributed by atoms with E-state index in [4.69, 9.17) is 0 Å². The first-order valence-electron chi connectivity index (χ1n) is 6.82. The Labute approximate surface area is 118 Å². The highest BCUT2D eigenvalue weighted by Crippen LogP contribution is 2.34. The molecule has 2 heterocycles. The molecule has 3 heteroatoms. The standard InChI is InChI=1S/C14H14FNS.C2H6/c1-9-8-12-13(17-9)6-7-16-14(12)10-2-4-11(15)5-3-10;1-2/h2-5,8,14,16H,6-7H2,1H3;1-2H3. The van der Waals surface area contributed by atoms with Crippen molar-refractivity contribution in [2.75, 3.05) is 6.54 Å². The van der Waals surface area contributed by atoms with E-state index in [1.807, 2.05) is 37.3 Å². The van der Waals surface area contributed by atoms with Gasteiger partial charge >= 0.3 is 0 Å². The van der Waals surface area contributed by atoms with Gasteiger partial charge in [-0.05, 0) is 42.7 Å². The second kappa shape index (κ2) is 6.31. The van der Waals surface area contributed by atoms with Gasteiger partial charge in [-0.3, -0.25) is 0 Å².